The van der Waals surface area contributed by atoms with Crippen molar-refractivity contribution < 1.29 is 19.7 Å². The van der Waals surface area contributed by atoms with E-state index in [1.165, 1.54) is 12.8 Å². The molecule has 1 aromatic carbocycles. The van der Waals surface area contributed by atoms with Crippen LogP contribution in [0.4, 0.5) is 0 Å². The molecule has 4 heterocycles. The van der Waals surface area contributed by atoms with Gasteiger partial charge in [-0.25, -0.2) is 0 Å². The van der Waals surface area contributed by atoms with E-state index in [1.54, 1.807) is 24.7 Å². The number of hydrogen-bond donors (Lipinski definition) is 4. The van der Waals surface area contributed by atoms with Gasteiger partial charge < -0.3 is 25.3 Å². The van der Waals surface area contributed by atoms with Crippen LogP contribution in [0.15, 0.2) is 48.9 Å². The van der Waals surface area contributed by atoms with Crippen molar-refractivity contribution in [1.82, 2.24) is 20.2 Å². The second-order valence-electron chi connectivity index (χ2n) is 11.2. The predicted octanol–water partition coefficient (Wildman–Crippen LogP) is 2.41. The van der Waals surface area contributed by atoms with Crippen molar-refractivity contribution in [2.24, 2.45) is 5.92 Å². The Kier molecular flexibility index (Phi) is 3.98. The minimum Gasteiger partial charge on any atom is -0.504 e. The molecule has 2 fully saturated rings. The first-order valence-corrected chi connectivity index (χ1v) is 12.9. The number of piperidine rings is 1. The van der Waals surface area contributed by atoms with Crippen LogP contribution >= 0.6 is 0 Å². The van der Waals surface area contributed by atoms with Gasteiger partial charge in [-0.2, -0.15) is 0 Å². The summed E-state index contributed by atoms with van der Waals surface area (Å²) < 4.78 is 6.51. The summed E-state index contributed by atoms with van der Waals surface area (Å²) in [6.07, 6.45) is 12.3. The molecule has 2 aliphatic heterocycles. The van der Waals surface area contributed by atoms with E-state index in [9.17, 15) is 15.0 Å². The summed E-state index contributed by atoms with van der Waals surface area (Å²) in [6.45, 7) is 1.88. The number of benzene rings is 1. The SMILES string of the molecule is O=C(N[C@@H]1C=C[C@@]2(O)[C@H]3Cc4ccc(O)c5c4[C@@]2(CCN3CC2CC2)[C@H]1O5)c1c[nH]c2cnccc12. The fourth-order valence-corrected chi connectivity index (χ4v) is 7.56. The number of nitrogens with zero attached hydrogens (tertiary/aromatic N) is 2. The number of aromatic nitrogens is 2. The van der Waals surface area contributed by atoms with E-state index < -0.39 is 23.2 Å². The number of aliphatic hydroxyl groups is 1. The van der Waals surface area contributed by atoms with Gasteiger partial charge in [-0.15, -0.1) is 0 Å². The van der Waals surface area contributed by atoms with Crippen LogP contribution in [0.3, 0.4) is 0 Å². The second-order valence-corrected chi connectivity index (χ2v) is 11.2. The summed E-state index contributed by atoms with van der Waals surface area (Å²) in [7, 11) is 0. The topological polar surface area (TPSA) is 111 Å². The monoisotopic (exact) mass is 484 g/mol. The zero-order valence-electron chi connectivity index (χ0n) is 19.8. The Bertz CT molecular complexity index is 1460. The molecule has 1 saturated heterocycles. The Morgan fingerprint density at radius 1 is 1.31 bits per heavy atom. The molecule has 8 heteroatoms. The van der Waals surface area contributed by atoms with Crippen LogP contribution in [-0.2, 0) is 11.8 Å². The zero-order chi connectivity index (χ0) is 24.2. The molecule has 1 saturated carbocycles. The number of nitrogens with one attached hydrogen (secondary N) is 2. The Morgan fingerprint density at radius 3 is 3.06 bits per heavy atom. The number of amides is 1. The van der Waals surface area contributed by atoms with Crippen molar-refractivity contribution in [3.05, 3.63) is 65.6 Å². The van der Waals surface area contributed by atoms with Gasteiger partial charge in [0.25, 0.3) is 5.91 Å². The molecule has 36 heavy (non-hydrogen) atoms. The normalized spacial score (nSPS) is 33.9. The van der Waals surface area contributed by atoms with Gasteiger partial charge in [-0.05, 0) is 55.8 Å². The predicted molar refractivity (Wildman–Crippen MR) is 132 cm³/mol. The number of carbonyl (C=O) groups excluding carboxylic acids is 1. The molecule has 3 aliphatic carbocycles. The number of carbonyl (C=O) groups is 1. The Morgan fingerprint density at radius 2 is 2.19 bits per heavy atom. The third kappa shape index (κ3) is 2.51. The van der Waals surface area contributed by atoms with E-state index in [4.69, 9.17) is 4.74 Å². The maximum absolute atomic E-state index is 13.4. The maximum atomic E-state index is 13.4. The van der Waals surface area contributed by atoms with Crippen LogP contribution in [0.2, 0.25) is 0 Å². The molecule has 2 bridgehead atoms. The highest BCUT2D eigenvalue weighted by Gasteiger charge is 2.72. The molecule has 1 amide bonds. The Balaban J connectivity index is 1.22. The van der Waals surface area contributed by atoms with Gasteiger partial charge in [0.15, 0.2) is 11.5 Å². The molecule has 0 unspecified atom stereocenters. The number of phenols is 1. The zero-order valence-corrected chi connectivity index (χ0v) is 19.8. The van der Waals surface area contributed by atoms with Crippen LogP contribution in [-0.4, -0.2) is 67.9 Å². The van der Waals surface area contributed by atoms with Gasteiger partial charge in [0.1, 0.15) is 11.7 Å². The van der Waals surface area contributed by atoms with E-state index in [2.05, 4.69) is 20.2 Å². The molecule has 1 spiro atoms. The number of aromatic amines is 1. The van der Waals surface area contributed by atoms with E-state index in [0.29, 0.717) is 24.2 Å². The quantitative estimate of drug-likeness (QED) is 0.424. The number of ether oxygens (including phenoxy) is 1. The molecule has 4 N–H and O–H groups in total. The number of H-pyrrole nitrogens is 1. The van der Waals surface area contributed by atoms with Crippen molar-refractivity contribution in [3.8, 4) is 11.5 Å². The molecule has 8 nitrogen and oxygen atoms in total. The molecular formula is C28H28N4O4. The van der Waals surface area contributed by atoms with Crippen LogP contribution in [0.1, 0.15) is 40.7 Å². The number of phenolic OH excluding ortho intramolecular Hbond substituents is 1. The number of likely N-dealkylation sites (tertiary alicyclic amines) is 1. The lowest BCUT2D eigenvalue weighted by atomic mass is 9.50. The van der Waals surface area contributed by atoms with Gasteiger partial charge in [0.2, 0.25) is 0 Å². The summed E-state index contributed by atoms with van der Waals surface area (Å²) in [5, 5.41) is 27.2. The van der Waals surface area contributed by atoms with Crippen molar-refractivity contribution in [1.29, 1.82) is 0 Å². The number of rotatable bonds is 4. The lowest BCUT2D eigenvalue weighted by Gasteiger charge is -2.62. The second kappa shape index (κ2) is 6.89. The first kappa shape index (κ1) is 20.8. The molecular weight excluding hydrogens is 456 g/mol. The highest BCUT2D eigenvalue weighted by Crippen LogP contribution is 2.64. The van der Waals surface area contributed by atoms with E-state index in [1.807, 2.05) is 24.3 Å². The van der Waals surface area contributed by atoms with Crippen molar-refractivity contribution in [2.75, 3.05) is 13.1 Å². The Hall–Kier alpha value is -3.36. The molecule has 5 aliphatic rings. The van der Waals surface area contributed by atoms with Crippen LogP contribution in [0.25, 0.3) is 10.9 Å². The first-order chi connectivity index (χ1) is 17.5. The fraction of sp³-hybridized carbons (Fsp3) is 0.429. The van der Waals surface area contributed by atoms with E-state index >= 15 is 0 Å². The summed E-state index contributed by atoms with van der Waals surface area (Å²) in [6, 6.07) is 4.99. The Labute approximate surface area is 208 Å². The van der Waals surface area contributed by atoms with E-state index in [0.717, 1.165) is 41.0 Å². The molecule has 5 atom stereocenters. The minimum atomic E-state index is -1.13. The fourth-order valence-electron chi connectivity index (χ4n) is 7.56. The van der Waals surface area contributed by atoms with Crippen LogP contribution in [0, 0.1) is 5.92 Å². The summed E-state index contributed by atoms with van der Waals surface area (Å²) in [5.41, 5.74) is 1.54. The summed E-state index contributed by atoms with van der Waals surface area (Å²) >= 11 is 0. The highest BCUT2D eigenvalue weighted by molar-refractivity contribution is 6.06. The summed E-state index contributed by atoms with van der Waals surface area (Å²) in [5.74, 6) is 1.06. The maximum Gasteiger partial charge on any atom is 0.254 e. The highest BCUT2D eigenvalue weighted by atomic mass is 16.5. The molecule has 8 rings (SSSR count). The number of hydrogen-bond acceptors (Lipinski definition) is 6. The molecule has 0 radical (unpaired) electrons. The summed E-state index contributed by atoms with van der Waals surface area (Å²) in [4.78, 5) is 23.1. The van der Waals surface area contributed by atoms with E-state index in [-0.39, 0.29) is 17.7 Å². The van der Waals surface area contributed by atoms with Gasteiger partial charge in [-0.3, -0.25) is 14.7 Å². The van der Waals surface area contributed by atoms with Gasteiger partial charge >= 0.3 is 0 Å². The van der Waals surface area contributed by atoms with Crippen molar-refractivity contribution >= 4 is 16.8 Å². The standard InChI is InChI=1S/C28H28N4O4/c33-21-4-3-16-11-22-28(35)7-5-19(31-26(34)18-12-30-20-13-29-9-6-17(18)20)25-27(28,23(16)24(21)36-25)8-10-32(22)14-15-1-2-15/h3-7,9,12-13,15,19,22,25,30,33,35H,1-2,8,10-11,14H2,(H,31,34)/t19-,22-,25+,27+,28-/m1/s1. The number of pyridine rings is 1. The lowest BCUT2D eigenvalue weighted by Crippen LogP contribution is -2.76. The average Bonchev–Trinajstić information content (AvgIpc) is 3.46. The first-order valence-electron chi connectivity index (χ1n) is 12.9. The third-order valence-electron chi connectivity index (χ3n) is 9.37. The molecule has 2 aromatic heterocycles. The lowest BCUT2D eigenvalue weighted by molar-refractivity contribution is -0.144. The van der Waals surface area contributed by atoms with Crippen molar-refractivity contribution in [3.63, 3.8) is 0 Å². The third-order valence-corrected chi connectivity index (χ3v) is 9.37. The molecule has 184 valence electrons. The van der Waals surface area contributed by atoms with Crippen molar-refractivity contribution in [2.45, 2.75) is 54.9 Å². The van der Waals surface area contributed by atoms with Gasteiger partial charge in [-0.1, -0.05) is 18.2 Å². The molecule has 3 aromatic rings. The van der Waals surface area contributed by atoms with Gasteiger partial charge in [0, 0.05) is 35.9 Å². The smallest absolute Gasteiger partial charge is 0.254 e. The minimum absolute atomic E-state index is 0.0602. The van der Waals surface area contributed by atoms with Gasteiger partial charge in [0.05, 0.1) is 28.7 Å². The number of fused-ring (bicyclic) bond motifs is 1. The number of aromatic hydroxyl groups is 1. The average molecular weight is 485 g/mol. The largest absolute Gasteiger partial charge is 0.504 e. The van der Waals surface area contributed by atoms with Crippen LogP contribution < -0.4 is 10.1 Å². The van der Waals surface area contributed by atoms with Crippen LogP contribution in [0.5, 0.6) is 11.5 Å².